The van der Waals surface area contributed by atoms with Crippen LogP contribution in [0.4, 0.5) is 17.1 Å². The Balaban J connectivity index is 0.973. The number of rotatable bonds is 6. The molecule has 0 saturated carbocycles. The average Bonchev–Trinajstić information content (AvgIpc) is 3.86. The lowest BCUT2D eigenvalue weighted by Crippen LogP contribution is -2.16. The van der Waals surface area contributed by atoms with Crippen molar-refractivity contribution in [3.8, 4) is 50.2 Å². The van der Waals surface area contributed by atoms with Gasteiger partial charge in [0.1, 0.15) is 0 Å². The van der Waals surface area contributed by atoms with E-state index < -0.39 is 0 Å². The fourth-order valence-corrected chi connectivity index (χ4v) is 10.8. The van der Waals surface area contributed by atoms with Crippen molar-refractivity contribution in [1.82, 2.24) is 4.57 Å². The molecule has 296 valence electrons. The Morgan fingerprint density at radius 3 is 1.60 bits per heavy atom. The zero-order valence-electron chi connectivity index (χ0n) is 35.5. The van der Waals surface area contributed by atoms with Crippen LogP contribution in [0.3, 0.4) is 0 Å². The van der Waals surface area contributed by atoms with E-state index in [1.165, 1.54) is 99.9 Å². The van der Waals surface area contributed by atoms with Crippen LogP contribution in [0.2, 0.25) is 0 Å². The molecule has 1 aromatic heterocycles. The highest BCUT2D eigenvalue weighted by molar-refractivity contribution is 6.10. The van der Waals surface area contributed by atoms with Gasteiger partial charge in [-0.15, -0.1) is 0 Å². The monoisotopic (exact) mass is 794 g/mol. The highest BCUT2D eigenvalue weighted by atomic mass is 15.1. The van der Waals surface area contributed by atoms with Gasteiger partial charge in [-0.3, -0.25) is 0 Å². The third-order valence-electron chi connectivity index (χ3n) is 14.0. The fraction of sp³-hybridized carbons (Fsp3) is 0.100. The van der Waals surface area contributed by atoms with Gasteiger partial charge in [-0.25, -0.2) is 0 Å². The minimum absolute atomic E-state index is 0.0470. The largest absolute Gasteiger partial charge is 0.310 e. The molecule has 0 fully saturated rings. The number of fused-ring (bicyclic) bond motifs is 9. The lowest BCUT2D eigenvalue weighted by molar-refractivity contribution is 0.660. The molecular formula is C60H46N2. The molecule has 2 heteroatoms. The van der Waals surface area contributed by atoms with Gasteiger partial charge in [0.25, 0.3) is 0 Å². The van der Waals surface area contributed by atoms with E-state index in [-0.39, 0.29) is 10.8 Å². The molecule has 62 heavy (non-hydrogen) atoms. The summed E-state index contributed by atoms with van der Waals surface area (Å²) in [5.74, 6) is 0. The van der Waals surface area contributed by atoms with Crippen LogP contribution in [0.5, 0.6) is 0 Å². The molecule has 0 unspecified atom stereocenters. The van der Waals surface area contributed by atoms with E-state index in [0.717, 1.165) is 11.4 Å². The molecule has 2 aliphatic carbocycles. The fourth-order valence-electron chi connectivity index (χ4n) is 10.8. The second-order valence-electron chi connectivity index (χ2n) is 18.2. The summed E-state index contributed by atoms with van der Waals surface area (Å²) in [6.07, 6.45) is 0. The molecular weight excluding hydrogens is 749 g/mol. The van der Waals surface area contributed by atoms with Crippen molar-refractivity contribution in [3.63, 3.8) is 0 Å². The number of anilines is 3. The molecule has 2 nitrogen and oxygen atoms in total. The number of hydrogen-bond acceptors (Lipinski definition) is 1. The van der Waals surface area contributed by atoms with Crippen molar-refractivity contribution in [2.24, 2.45) is 0 Å². The maximum Gasteiger partial charge on any atom is 0.0547 e. The topological polar surface area (TPSA) is 8.17 Å². The van der Waals surface area contributed by atoms with Gasteiger partial charge in [0, 0.05) is 44.2 Å². The molecule has 0 aliphatic heterocycles. The van der Waals surface area contributed by atoms with Gasteiger partial charge in [-0.1, -0.05) is 173 Å². The maximum absolute atomic E-state index is 2.46. The van der Waals surface area contributed by atoms with E-state index in [0.29, 0.717) is 0 Å². The van der Waals surface area contributed by atoms with Crippen LogP contribution in [0.1, 0.15) is 49.9 Å². The molecule has 0 N–H and O–H groups in total. The number of benzene rings is 9. The van der Waals surface area contributed by atoms with Crippen LogP contribution in [0.25, 0.3) is 72.0 Å². The highest BCUT2D eigenvalue weighted by Gasteiger charge is 2.38. The quantitative estimate of drug-likeness (QED) is 0.163. The van der Waals surface area contributed by atoms with Crippen molar-refractivity contribution in [3.05, 3.63) is 229 Å². The van der Waals surface area contributed by atoms with E-state index in [4.69, 9.17) is 0 Å². The van der Waals surface area contributed by atoms with Crippen molar-refractivity contribution in [2.75, 3.05) is 4.90 Å². The Morgan fingerprint density at radius 1 is 0.355 bits per heavy atom. The standard InChI is InChI=1S/C60H46N2/c1-59(2)52-21-12-9-19-50(52)58-53(59)22-14-24-56(58)61(44-31-25-39(26-32-44)41-29-35-47-46-17-8-11-20-51(46)60(3,4)54(47)37-41)45-33-27-40(28-34-45)42-30-36-49-48-18-10-13-23-55(48)62(57(49)38-42)43-15-6-5-7-16-43/h5-38H,1-4H3. The summed E-state index contributed by atoms with van der Waals surface area (Å²) in [5, 5.41) is 2.52. The first-order chi connectivity index (χ1) is 30.3. The average molecular weight is 795 g/mol. The molecule has 0 atom stereocenters. The summed E-state index contributed by atoms with van der Waals surface area (Å²) in [5.41, 5.74) is 22.5. The number of aromatic nitrogens is 1. The lowest BCUT2D eigenvalue weighted by atomic mass is 9.81. The molecule has 0 bridgehead atoms. The summed E-state index contributed by atoms with van der Waals surface area (Å²) in [6, 6.07) is 76.5. The van der Waals surface area contributed by atoms with Crippen molar-refractivity contribution >= 4 is 38.9 Å². The van der Waals surface area contributed by atoms with Gasteiger partial charge >= 0.3 is 0 Å². The van der Waals surface area contributed by atoms with E-state index in [1.54, 1.807) is 0 Å². The summed E-state index contributed by atoms with van der Waals surface area (Å²) >= 11 is 0. The first-order valence-electron chi connectivity index (χ1n) is 21.8. The number of para-hydroxylation sites is 2. The van der Waals surface area contributed by atoms with Gasteiger partial charge in [0.15, 0.2) is 0 Å². The third-order valence-corrected chi connectivity index (χ3v) is 14.0. The lowest BCUT2D eigenvalue weighted by Gasteiger charge is -2.29. The van der Waals surface area contributed by atoms with Crippen LogP contribution in [0.15, 0.2) is 206 Å². The van der Waals surface area contributed by atoms with Crippen LogP contribution in [-0.2, 0) is 10.8 Å². The highest BCUT2D eigenvalue weighted by Crippen LogP contribution is 2.55. The first kappa shape index (κ1) is 36.4. The molecule has 10 aromatic rings. The maximum atomic E-state index is 2.46. The van der Waals surface area contributed by atoms with Gasteiger partial charge < -0.3 is 9.47 Å². The zero-order valence-corrected chi connectivity index (χ0v) is 35.5. The molecule has 12 rings (SSSR count). The van der Waals surface area contributed by atoms with Gasteiger partial charge in [-0.05, 0) is 122 Å². The molecule has 0 saturated heterocycles. The van der Waals surface area contributed by atoms with Crippen LogP contribution in [-0.4, -0.2) is 4.57 Å². The molecule has 2 aliphatic rings. The second-order valence-corrected chi connectivity index (χ2v) is 18.2. The molecule has 0 radical (unpaired) electrons. The molecule has 9 aromatic carbocycles. The second kappa shape index (κ2) is 13.5. The third kappa shape index (κ3) is 5.36. The van der Waals surface area contributed by atoms with Crippen molar-refractivity contribution in [1.29, 1.82) is 0 Å². The Kier molecular flexibility index (Phi) is 7.96. The smallest absolute Gasteiger partial charge is 0.0547 e. The Hall–Kier alpha value is -7.42. The Labute approximate surface area is 364 Å². The van der Waals surface area contributed by atoms with E-state index in [9.17, 15) is 0 Å². The van der Waals surface area contributed by atoms with E-state index in [1.807, 2.05) is 0 Å². The first-order valence-corrected chi connectivity index (χ1v) is 21.8. The van der Waals surface area contributed by atoms with E-state index in [2.05, 4.69) is 243 Å². The summed E-state index contributed by atoms with van der Waals surface area (Å²) < 4.78 is 2.39. The minimum Gasteiger partial charge on any atom is -0.310 e. The predicted octanol–water partition coefficient (Wildman–Crippen LogP) is 16.2. The molecule has 0 amide bonds. The van der Waals surface area contributed by atoms with Crippen molar-refractivity contribution < 1.29 is 0 Å². The minimum atomic E-state index is -0.108. The van der Waals surface area contributed by atoms with Crippen molar-refractivity contribution in [2.45, 2.75) is 38.5 Å². The number of nitrogens with zero attached hydrogens (tertiary/aromatic N) is 2. The van der Waals surface area contributed by atoms with Gasteiger partial charge in [0.05, 0.1) is 16.7 Å². The SMILES string of the molecule is CC1(C)c2ccccc2-c2ccc(-c3ccc(N(c4ccc(-c5ccc6c7ccccc7n(-c7ccccc7)c6c5)cc4)c4cccc5c4-c4ccccc4C5(C)C)cc3)cc21. The van der Waals surface area contributed by atoms with Gasteiger partial charge in [-0.2, -0.15) is 0 Å². The number of hydrogen-bond donors (Lipinski definition) is 0. The summed E-state index contributed by atoms with van der Waals surface area (Å²) in [6.45, 7) is 9.43. The summed E-state index contributed by atoms with van der Waals surface area (Å²) in [4.78, 5) is 2.46. The van der Waals surface area contributed by atoms with Crippen LogP contribution < -0.4 is 4.90 Å². The summed E-state index contributed by atoms with van der Waals surface area (Å²) in [7, 11) is 0. The molecule has 1 heterocycles. The Bertz CT molecular complexity index is 3380. The van der Waals surface area contributed by atoms with E-state index >= 15 is 0 Å². The predicted molar refractivity (Wildman–Crippen MR) is 261 cm³/mol. The Morgan fingerprint density at radius 2 is 0.871 bits per heavy atom. The zero-order chi connectivity index (χ0) is 41.7. The van der Waals surface area contributed by atoms with Gasteiger partial charge in [0.2, 0.25) is 0 Å². The molecule has 0 spiro atoms. The van der Waals surface area contributed by atoms with Crippen LogP contribution in [0, 0.1) is 0 Å². The van der Waals surface area contributed by atoms with Crippen LogP contribution >= 0.6 is 0 Å². The normalized spacial score (nSPS) is 14.1.